The lowest BCUT2D eigenvalue weighted by Crippen LogP contribution is -2.13. The summed E-state index contributed by atoms with van der Waals surface area (Å²) < 4.78 is 9.17. The number of ether oxygens (including phenoxy) is 2. The van der Waals surface area contributed by atoms with Crippen LogP contribution in [0, 0.1) is 0 Å². The lowest BCUT2D eigenvalue weighted by atomic mass is 10.8. The first-order chi connectivity index (χ1) is 4.52. The molecule has 0 aromatic heterocycles. The normalized spacial score (nSPS) is 15.6. The fourth-order valence-corrected chi connectivity index (χ4v) is 0.598. The second-order valence-electron chi connectivity index (χ2n) is 1.57. The zero-order chi connectivity index (χ0) is 8.15. The van der Waals surface area contributed by atoms with Crippen LogP contribution in [0.5, 0.6) is 0 Å². The van der Waals surface area contributed by atoms with Gasteiger partial charge in [0.25, 0.3) is 0 Å². The van der Waals surface area contributed by atoms with E-state index in [2.05, 4.69) is 41.3 Å². The van der Waals surface area contributed by atoms with Crippen LogP contribution in [0.4, 0.5) is 4.79 Å². The maximum atomic E-state index is 10.6. The van der Waals surface area contributed by atoms with Crippen LogP contribution in [-0.2, 0) is 9.47 Å². The standard InChI is InChI=1S/C5H8Br2O3/c1-3(6)9-5(8)10-4(2)7/h3-4H,1-2H3. The fourth-order valence-electron chi connectivity index (χ4n) is 0.293. The van der Waals surface area contributed by atoms with E-state index in [4.69, 9.17) is 0 Å². The number of rotatable bonds is 2. The van der Waals surface area contributed by atoms with E-state index in [1.54, 1.807) is 13.8 Å². The zero-order valence-electron chi connectivity index (χ0n) is 5.64. The summed E-state index contributed by atoms with van der Waals surface area (Å²) in [4.78, 5) is 10.6. The Labute approximate surface area is 76.3 Å². The van der Waals surface area contributed by atoms with E-state index in [1.165, 1.54) is 0 Å². The summed E-state index contributed by atoms with van der Waals surface area (Å²) in [5, 5.41) is -0.627. The molecule has 0 aliphatic heterocycles. The van der Waals surface area contributed by atoms with Gasteiger partial charge in [0.2, 0.25) is 0 Å². The number of carbonyl (C=O) groups excluding carboxylic acids is 1. The highest BCUT2D eigenvalue weighted by atomic mass is 79.9. The predicted octanol–water partition coefficient (Wildman–Crippen LogP) is 2.62. The second-order valence-corrected chi connectivity index (χ2v) is 4.15. The van der Waals surface area contributed by atoms with E-state index < -0.39 is 6.16 Å². The number of alkyl halides is 2. The van der Waals surface area contributed by atoms with Crippen LogP contribution < -0.4 is 0 Å². The molecule has 0 aromatic rings. The van der Waals surface area contributed by atoms with Gasteiger partial charge in [0.15, 0.2) is 10.0 Å². The lowest BCUT2D eigenvalue weighted by Gasteiger charge is -2.08. The Morgan fingerprint density at radius 3 is 1.70 bits per heavy atom. The zero-order valence-corrected chi connectivity index (χ0v) is 8.81. The van der Waals surface area contributed by atoms with Crippen LogP contribution in [0.3, 0.4) is 0 Å². The number of carbonyl (C=O) groups is 1. The summed E-state index contributed by atoms with van der Waals surface area (Å²) >= 11 is 6.05. The minimum absolute atomic E-state index is 0.314. The van der Waals surface area contributed by atoms with Gasteiger partial charge in [0.1, 0.15) is 0 Å². The predicted molar refractivity (Wildman–Crippen MR) is 44.3 cm³/mol. The summed E-state index contributed by atoms with van der Waals surface area (Å²) in [6.45, 7) is 3.36. The largest absolute Gasteiger partial charge is 0.510 e. The highest BCUT2D eigenvalue weighted by Gasteiger charge is 2.09. The van der Waals surface area contributed by atoms with Gasteiger partial charge in [0.05, 0.1) is 0 Å². The quantitative estimate of drug-likeness (QED) is 0.574. The molecule has 0 spiro atoms. The Morgan fingerprint density at radius 2 is 1.50 bits per heavy atom. The van der Waals surface area contributed by atoms with Gasteiger partial charge in [-0.25, -0.2) is 4.79 Å². The van der Waals surface area contributed by atoms with E-state index in [9.17, 15) is 4.79 Å². The molecular formula is C5H8Br2O3. The smallest absolute Gasteiger partial charge is 0.420 e. The first-order valence-corrected chi connectivity index (χ1v) is 4.51. The third-order valence-electron chi connectivity index (χ3n) is 0.517. The van der Waals surface area contributed by atoms with E-state index in [0.29, 0.717) is 0 Å². The SMILES string of the molecule is CC(Br)OC(=O)OC(C)Br. The minimum atomic E-state index is -0.686. The molecule has 60 valence electrons. The van der Waals surface area contributed by atoms with Crippen molar-refractivity contribution >= 4 is 38.0 Å². The molecule has 0 heterocycles. The third kappa shape index (κ3) is 6.35. The molecule has 0 bridgehead atoms. The first kappa shape index (κ1) is 10.2. The average Bonchev–Trinajstić information content (AvgIpc) is 1.58. The Balaban J connectivity index is 3.44. The molecule has 10 heavy (non-hydrogen) atoms. The van der Waals surface area contributed by atoms with E-state index in [0.717, 1.165) is 0 Å². The molecule has 5 heteroatoms. The molecule has 2 unspecified atom stereocenters. The summed E-state index contributed by atoms with van der Waals surface area (Å²) in [5.74, 6) is 0. The molecule has 0 saturated heterocycles. The molecule has 3 nitrogen and oxygen atoms in total. The van der Waals surface area contributed by atoms with Crippen molar-refractivity contribution in [2.45, 2.75) is 23.9 Å². The molecule has 2 atom stereocenters. The molecule has 0 amide bonds. The van der Waals surface area contributed by atoms with E-state index >= 15 is 0 Å². The Kier molecular flexibility index (Phi) is 5.07. The van der Waals surface area contributed by atoms with Gasteiger partial charge in [-0.05, 0) is 45.7 Å². The van der Waals surface area contributed by atoms with Gasteiger partial charge in [-0.1, -0.05) is 0 Å². The fraction of sp³-hybridized carbons (Fsp3) is 0.800. The minimum Gasteiger partial charge on any atom is -0.420 e. The van der Waals surface area contributed by atoms with Crippen molar-refractivity contribution in [3.05, 3.63) is 0 Å². The van der Waals surface area contributed by atoms with Crippen LogP contribution in [-0.4, -0.2) is 16.2 Å². The summed E-state index contributed by atoms with van der Waals surface area (Å²) in [6.07, 6.45) is -0.686. The van der Waals surface area contributed by atoms with Crippen LogP contribution >= 0.6 is 31.9 Å². The van der Waals surface area contributed by atoms with Gasteiger partial charge < -0.3 is 9.47 Å². The van der Waals surface area contributed by atoms with Crippen molar-refractivity contribution in [1.29, 1.82) is 0 Å². The van der Waals surface area contributed by atoms with Gasteiger partial charge >= 0.3 is 6.16 Å². The van der Waals surface area contributed by atoms with Crippen molar-refractivity contribution in [2.24, 2.45) is 0 Å². The number of hydrogen-bond donors (Lipinski definition) is 0. The maximum absolute atomic E-state index is 10.6. The molecule has 0 aliphatic rings. The van der Waals surface area contributed by atoms with Crippen LogP contribution in [0.2, 0.25) is 0 Å². The van der Waals surface area contributed by atoms with Crippen molar-refractivity contribution < 1.29 is 14.3 Å². The van der Waals surface area contributed by atoms with Crippen LogP contribution in [0.1, 0.15) is 13.8 Å². The molecule has 0 fully saturated rings. The summed E-state index contributed by atoms with van der Waals surface area (Å²) in [5.41, 5.74) is 0. The number of halogens is 2. The summed E-state index contributed by atoms with van der Waals surface area (Å²) in [6, 6.07) is 0. The average molecular weight is 276 g/mol. The Bertz CT molecular complexity index is 101. The van der Waals surface area contributed by atoms with Crippen LogP contribution in [0.15, 0.2) is 0 Å². The lowest BCUT2D eigenvalue weighted by molar-refractivity contribution is 0.0505. The molecule has 0 aliphatic carbocycles. The molecule has 0 saturated carbocycles. The Hall–Kier alpha value is 0.230. The topological polar surface area (TPSA) is 35.5 Å². The van der Waals surface area contributed by atoms with Crippen molar-refractivity contribution in [2.75, 3.05) is 0 Å². The van der Waals surface area contributed by atoms with Crippen molar-refractivity contribution in [3.63, 3.8) is 0 Å². The maximum Gasteiger partial charge on any atom is 0.510 e. The highest BCUT2D eigenvalue weighted by molar-refractivity contribution is 9.09. The second kappa shape index (κ2) is 4.96. The first-order valence-electron chi connectivity index (χ1n) is 2.67. The van der Waals surface area contributed by atoms with E-state index in [-0.39, 0.29) is 10.0 Å². The third-order valence-corrected chi connectivity index (χ3v) is 0.891. The Morgan fingerprint density at radius 1 is 1.20 bits per heavy atom. The monoisotopic (exact) mass is 274 g/mol. The molecule has 0 N–H and O–H groups in total. The van der Waals surface area contributed by atoms with Gasteiger partial charge in [-0.3, -0.25) is 0 Å². The van der Waals surface area contributed by atoms with Crippen molar-refractivity contribution in [3.8, 4) is 0 Å². The van der Waals surface area contributed by atoms with Gasteiger partial charge in [-0.15, -0.1) is 0 Å². The van der Waals surface area contributed by atoms with E-state index in [1.807, 2.05) is 0 Å². The van der Waals surface area contributed by atoms with Gasteiger partial charge in [0, 0.05) is 0 Å². The summed E-state index contributed by atoms with van der Waals surface area (Å²) in [7, 11) is 0. The highest BCUT2D eigenvalue weighted by Crippen LogP contribution is 2.05. The molecule has 0 radical (unpaired) electrons. The van der Waals surface area contributed by atoms with Crippen molar-refractivity contribution in [1.82, 2.24) is 0 Å². The molecular weight excluding hydrogens is 268 g/mol. The molecule has 0 aromatic carbocycles. The van der Waals surface area contributed by atoms with Gasteiger partial charge in [-0.2, -0.15) is 0 Å². The number of hydrogen-bond acceptors (Lipinski definition) is 3. The van der Waals surface area contributed by atoms with Crippen LogP contribution in [0.25, 0.3) is 0 Å². The molecule has 0 rings (SSSR count).